The SMILES string of the molecule is CC(NC(=O)C1CC2CCCCC2N1)c1c(F)cccc1Cl. The van der Waals surface area contributed by atoms with Crippen molar-refractivity contribution in [1.82, 2.24) is 10.6 Å². The monoisotopic (exact) mass is 324 g/mol. The van der Waals surface area contributed by atoms with Crippen LogP contribution in [0.3, 0.4) is 0 Å². The van der Waals surface area contributed by atoms with Gasteiger partial charge in [-0.2, -0.15) is 0 Å². The van der Waals surface area contributed by atoms with Crippen LogP contribution in [0.1, 0.15) is 50.6 Å². The number of carbonyl (C=O) groups is 1. The maximum absolute atomic E-state index is 13.9. The quantitative estimate of drug-likeness (QED) is 0.892. The number of hydrogen-bond acceptors (Lipinski definition) is 2. The van der Waals surface area contributed by atoms with Gasteiger partial charge in [0, 0.05) is 16.6 Å². The lowest BCUT2D eigenvalue weighted by atomic mass is 9.85. The maximum atomic E-state index is 13.9. The van der Waals surface area contributed by atoms with E-state index in [-0.39, 0.29) is 17.8 Å². The van der Waals surface area contributed by atoms with Gasteiger partial charge in [-0.05, 0) is 44.2 Å². The number of hydrogen-bond donors (Lipinski definition) is 2. The molecule has 0 radical (unpaired) electrons. The first-order chi connectivity index (χ1) is 10.6. The minimum Gasteiger partial charge on any atom is -0.348 e. The third-order valence-electron chi connectivity index (χ3n) is 4.97. The van der Waals surface area contributed by atoms with E-state index in [9.17, 15) is 9.18 Å². The van der Waals surface area contributed by atoms with Crippen molar-refractivity contribution < 1.29 is 9.18 Å². The van der Waals surface area contributed by atoms with Gasteiger partial charge >= 0.3 is 0 Å². The topological polar surface area (TPSA) is 41.1 Å². The Hall–Kier alpha value is -1.13. The van der Waals surface area contributed by atoms with Crippen molar-refractivity contribution in [1.29, 1.82) is 0 Å². The molecule has 5 heteroatoms. The highest BCUT2D eigenvalue weighted by Gasteiger charge is 2.38. The molecule has 120 valence electrons. The van der Waals surface area contributed by atoms with Gasteiger partial charge in [-0.15, -0.1) is 0 Å². The van der Waals surface area contributed by atoms with E-state index < -0.39 is 6.04 Å². The Labute approximate surface area is 135 Å². The van der Waals surface area contributed by atoms with Crippen LogP contribution in [0.25, 0.3) is 0 Å². The largest absolute Gasteiger partial charge is 0.348 e. The molecule has 1 aliphatic carbocycles. The minimum absolute atomic E-state index is 0.0544. The third kappa shape index (κ3) is 3.13. The van der Waals surface area contributed by atoms with Crippen molar-refractivity contribution in [3.05, 3.63) is 34.6 Å². The first kappa shape index (κ1) is 15.8. The fourth-order valence-electron chi connectivity index (χ4n) is 3.83. The van der Waals surface area contributed by atoms with Crippen molar-refractivity contribution in [2.75, 3.05) is 0 Å². The van der Waals surface area contributed by atoms with Crippen LogP contribution in [0.15, 0.2) is 18.2 Å². The Balaban J connectivity index is 1.64. The average Bonchev–Trinajstić information content (AvgIpc) is 2.91. The molecule has 2 aliphatic rings. The van der Waals surface area contributed by atoms with Gasteiger partial charge in [-0.25, -0.2) is 4.39 Å². The van der Waals surface area contributed by atoms with Gasteiger partial charge in [0.2, 0.25) is 5.91 Å². The lowest BCUT2D eigenvalue weighted by Gasteiger charge is -2.24. The van der Waals surface area contributed by atoms with E-state index in [0.29, 0.717) is 22.5 Å². The van der Waals surface area contributed by atoms with Crippen LogP contribution >= 0.6 is 11.6 Å². The van der Waals surface area contributed by atoms with Crippen molar-refractivity contribution >= 4 is 17.5 Å². The second-order valence-corrected chi connectivity index (χ2v) is 6.88. The van der Waals surface area contributed by atoms with E-state index in [4.69, 9.17) is 11.6 Å². The summed E-state index contributed by atoms with van der Waals surface area (Å²) in [6.45, 7) is 1.77. The predicted molar refractivity (Wildman–Crippen MR) is 85.3 cm³/mol. The Morgan fingerprint density at radius 3 is 2.91 bits per heavy atom. The van der Waals surface area contributed by atoms with Gasteiger partial charge in [0.25, 0.3) is 0 Å². The van der Waals surface area contributed by atoms with Crippen molar-refractivity contribution in [2.45, 2.75) is 57.2 Å². The first-order valence-electron chi connectivity index (χ1n) is 8.06. The number of nitrogens with one attached hydrogen (secondary N) is 2. The van der Waals surface area contributed by atoms with E-state index in [1.54, 1.807) is 19.1 Å². The summed E-state index contributed by atoms with van der Waals surface area (Å²) in [5.41, 5.74) is 0.355. The second kappa shape index (κ2) is 6.55. The number of rotatable bonds is 3. The number of halogens is 2. The summed E-state index contributed by atoms with van der Waals surface area (Å²) in [6.07, 6.45) is 5.75. The maximum Gasteiger partial charge on any atom is 0.237 e. The fraction of sp³-hybridized carbons (Fsp3) is 0.588. The zero-order valence-corrected chi connectivity index (χ0v) is 13.5. The van der Waals surface area contributed by atoms with Crippen LogP contribution in [0.4, 0.5) is 4.39 Å². The molecule has 1 saturated carbocycles. The molecule has 1 saturated heterocycles. The van der Waals surface area contributed by atoms with E-state index >= 15 is 0 Å². The zero-order valence-electron chi connectivity index (χ0n) is 12.7. The van der Waals surface area contributed by atoms with Crippen LogP contribution in [0.5, 0.6) is 0 Å². The molecule has 0 aromatic heterocycles. The number of amides is 1. The van der Waals surface area contributed by atoms with Gasteiger partial charge < -0.3 is 10.6 Å². The molecule has 1 aromatic carbocycles. The van der Waals surface area contributed by atoms with E-state index in [1.807, 2.05) is 0 Å². The second-order valence-electron chi connectivity index (χ2n) is 6.47. The summed E-state index contributed by atoms with van der Waals surface area (Å²) < 4.78 is 13.9. The summed E-state index contributed by atoms with van der Waals surface area (Å²) in [5, 5.41) is 6.69. The summed E-state index contributed by atoms with van der Waals surface area (Å²) in [5.74, 6) is 0.173. The molecule has 4 unspecified atom stereocenters. The summed E-state index contributed by atoms with van der Waals surface area (Å²) in [7, 11) is 0. The highest BCUT2D eigenvalue weighted by atomic mass is 35.5. The smallest absolute Gasteiger partial charge is 0.237 e. The molecule has 1 aliphatic heterocycles. The Bertz CT molecular complexity index is 531. The van der Waals surface area contributed by atoms with Crippen molar-refractivity contribution in [2.24, 2.45) is 5.92 Å². The Morgan fingerprint density at radius 2 is 2.18 bits per heavy atom. The van der Waals surface area contributed by atoms with Crippen molar-refractivity contribution in [3.8, 4) is 0 Å². The van der Waals surface area contributed by atoms with Crippen LogP contribution in [-0.4, -0.2) is 18.0 Å². The molecule has 4 atom stereocenters. The Morgan fingerprint density at radius 1 is 1.41 bits per heavy atom. The standard InChI is InChI=1S/C17H22ClFN2O/c1-10(16-12(18)6-4-7-13(16)19)20-17(22)15-9-11-5-2-3-8-14(11)21-15/h4,6-7,10-11,14-15,21H,2-3,5,8-9H2,1H3,(H,20,22). The summed E-state index contributed by atoms with van der Waals surface area (Å²) in [4.78, 5) is 12.5. The van der Waals surface area contributed by atoms with Crippen molar-refractivity contribution in [3.63, 3.8) is 0 Å². The predicted octanol–water partition coefficient (Wildman–Crippen LogP) is 3.58. The highest BCUT2D eigenvalue weighted by molar-refractivity contribution is 6.31. The summed E-state index contributed by atoms with van der Waals surface area (Å²) in [6, 6.07) is 4.44. The molecule has 22 heavy (non-hydrogen) atoms. The zero-order chi connectivity index (χ0) is 15.7. The van der Waals surface area contributed by atoms with Crippen LogP contribution in [0, 0.1) is 11.7 Å². The minimum atomic E-state index is -0.439. The molecule has 1 amide bonds. The molecule has 2 N–H and O–H groups in total. The molecule has 1 heterocycles. The van der Waals surface area contributed by atoms with Crippen LogP contribution in [0.2, 0.25) is 5.02 Å². The third-order valence-corrected chi connectivity index (χ3v) is 5.30. The first-order valence-corrected chi connectivity index (χ1v) is 8.44. The lowest BCUT2D eigenvalue weighted by molar-refractivity contribution is -0.123. The lowest BCUT2D eigenvalue weighted by Crippen LogP contribution is -2.44. The van der Waals surface area contributed by atoms with Gasteiger partial charge in [0.15, 0.2) is 0 Å². The fourth-order valence-corrected chi connectivity index (χ4v) is 4.16. The molecule has 3 rings (SSSR count). The van der Waals surface area contributed by atoms with Gasteiger partial charge in [-0.1, -0.05) is 30.5 Å². The van der Waals surface area contributed by atoms with Gasteiger partial charge in [-0.3, -0.25) is 4.79 Å². The molecular weight excluding hydrogens is 303 g/mol. The van der Waals surface area contributed by atoms with Crippen LogP contribution < -0.4 is 10.6 Å². The van der Waals surface area contributed by atoms with Crippen LogP contribution in [-0.2, 0) is 4.79 Å². The molecule has 0 bridgehead atoms. The molecule has 1 aromatic rings. The van der Waals surface area contributed by atoms with E-state index in [0.717, 1.165) is 12.8 Å². The summed E-state index contributed by atoms with van der Waals surface area (Å²) >= 11 is 6.06. The van der Waals surface area contributed by atoms with E-state index in [2.05, 4.69) is 10.6 Å². The number of fused-ring (bicyclic) bond motifs is 1. The van der Waals surface area contributed by atoms with Gasteiger partial charge in [0.05, 0.1) is 12.1 Å². The number of benzene rings is 1. The molecular formula is C17H22ClFN2O. The number of carbonyl (C=O) groups excluding carboxylic acids is 1. The van der Waals surface area contributed by atoms with Gasteiger partial charge in [0.1, 0.15) is 5.82 Å². The Kier molecular flexibility index (Phi) is 4.69. The highest BCUT2D eigenvalue weighted by Crippen LogP contribution is 2.33. The normalized spacial score (nSPS) is 29.0. The molecule has 0 spiro atoms. The average molecular weight is 325 g/mol. The van der Waals surface area contributed by atoms with E-state index in [1.165, 1.54) is 25.3 Å². The molecule has 2 fully saturated rings. The molecule has 3 nitrogen and oxygen atoms in total.